The zero-order valence-electron chi connectivity index (χ0n) is 13.0. The average molecular weight is 318 g/mol. The van der Waals surface area contributed by atoms with Crippen LogP contribution >= 0.6 is 0 Å². The summed E-state index contributed by atoms with van der Waals surface area (Å²) in [7, 11) is 1.31. The Hall–Kier alpha value is -2.28. The topological polar surface area (TPSA) is 60.2 Å². The number of rotatable bonds is 5. The molecule has 0 aliphatic carbocycles. The van der Waals surface area contributed by atoms with Crippen molar-refractivity contribution >= 4 is 5.97 Å². The van der Waals surface area contributed by atoms with Gasteiger partial charge in [0, 0.05) is 12.6 Å². The van der Waals surface area contributed by atoms with Crippen LogP contribution < -0.4 is 0 Å². The highest BCUT2D eigenvalue weighted by molar-refractivity contribution is 5.84. The highest BCUT2D eigenvalue weighted by atomic mass is 19.1. The average Bonchev–Trinajstić information content (AvgIpc) is 3.19. The molecule has 1 aromatic carbocycles. The molecule has 0 N–H and O–H groups in total. The molecule has 23 heavy (non-hydrogen) atoms. The van der Waals surface area contributed by atoms with E-state index >= 15 is 0 Å². The Kier molecular flexibility index (Phi) is 4.66. The third-order valence-corrected chi connectivity index (χ3v) is 4.11. The largest absolute Gasteiger partial charge is 0.463 e. The molecule has 3 rings (SSSR count). The fourth-order valence-electron chi connectivity index (χ4n) is 2.94. The summed E-state index contributed by atoms with van der Waals surface area (Å²) >= 11 is 0. The molecule has 2 aromatic rings. The van der Waals surface area contributed by atoms with Crippen LogP contribution in [0.1, 0.15) is 29.0 Å². The van der Waals surface area contributed by atoms with Gasteiger partial charge in [-0.25, -0.2) is 18.9 Å². The van der Waals surface area contributed by atoms with E-state index in [9.17, 15) is 9.18 Å². The Balaban J connectivity index is 1.63. The van der Waals surface area contributed by atoms with Crippen molar-refractivity contribution in [3.8, 4) is 0 Å². The normalized spacial score (nSPS) is 18.3. The smallest absolute Gasteiger partial charge is 0.377 e. The minimum absolute atomic E-state index is 0.0711. The number of hydrogen-bond donors (Lipinski definition) is 0. The number of carbonyl (C=O) groups is 1. The molecule has 2 heterocycles. The monoisotopic (exact) mass is 318 g/mol. The van der Waals surface area contributed by atoms with Crippen molar-refractivity contribution in [2.75, 3.05) is 13.7 Å². The van der Waals surface area contributed by atoms with Gasteiger partial charge in [-0.15, -0.1) is 5.10 Å². The lowest BCUT2D eigenvalue weighted by Gasteiger charge is -2.24. The van der Waals surface area contributed by atoms with Gasteiger partial charge in [0.05, 0.1) is 13.8 Å². The van der Waals surface area contributed by atoms with Crippen molar-refractivity contribution in [2.45, 2.75) is 32.0 Å². The van der Waals surface area contributed by atoms with Gasteiger partial charge in [-0.2, -0.15) is 0 Å². The van der Waals surface area contributed by atoms with Crippen molar-refractivity contribution in [1.29, 1.82) is 0 Å². The maximum Gasteiger partial charge on any atom is 0.377 e. The molecule has 0 spiro atoms. The van der Waals surface area contributed by atoms with E-state index in [1.54, 1.807) is 11.0 Å². The first kappa shape index (κ1) is 15.6. The van der Waals surface area contributed by atoms with E-state index in [4.69, 9.17) is 0 Å². The number of methoxy groups -OCH3 is 1. The predicted molar refractivity (Wildman–Crippen MR) is 81.2 cm³/mol. The molecule has 1 aromatic heterocycles. The highest BCUT2D eigenvalue weighted by Crippen LogP contribution is 2.21. The quantitative estimate of drug-likeness (QED) is 0.788. The minimum atomic E-state index is -0.534. The van der Waals surface area contributed by atoms with E-state index in [2.05, 4.69) is 19.7 Å². The standard InChI is InChI=1S/C16H19FN4O2/c1-23-16(22)15-18-10-21(19-15)11-20-8-2-3-14(20)9-12-4-6-13(17)7-5-12/h4-7,10,14H,2-3,8-9,11H2,1H3. The molecule has 0 radical (unpaired) electrons. The molecule has 1 fully saturated rings. The van der Waals surface area contributed by atoms with Crippen LogP contribution in [0, 0.1) is 5.82 Å². The maximum atomic E-state index is 13.0. The van der Waals surface area contributed by atoms with Crippen molar-refractivity contribution in [1.82, 2.24) is 19.7 Å². The van der Waals surface area contributed by atoms with Crippen molar-refractivity contribution in [2.24, 2.45) is 0 Å². The number of ether oxygens (including phenoxy) is 1. The lowest BCUT2D eigenvalue weighted by Crippen LogP contribution is -2.33. The zero-order chi connectivity index (χ0) is 16.2. The first-order valence-corrected chi connectivity index (χ1v) is 7.62. The van der Waals surface area contributed by atoms with Crippen molar-refractivity contribution in [3.63, 3.8) is 0 Å². The first-order chi connectivity index (χ1) is 11.2. The molecular weight excluding hydrogens is 299 g/mol. The summed E-state index contributed by atoms with van der Waals surface area (Å²) in [5.41, 5.74) is 1.12. The molecule has 1 aliphatic rings. The van der Waals surface area contributed by atoms with Crippen LogP contribution in [0.2, 0.25) is 0 Å². The molecule has 0 saturated carbocycles. The molecule has 1 unspecified atom stereocenters. The lowest BCUT2D eigenvalue weighted by molar-refractivity contribution is 0.0585. The van der Waals surface area contributed by atoms with E-state index in [1.165, 1.54) is 19.2 Å². The number of aromatic nitrogens is 3. The van der Waals surface area contributed by atoms with Crippen molar-refractivity contribution in [3.05, 3.63) is 47.8 Å². The van der Waals surface area contributed by atoms with Crippen LogP contribution in [0.25, 0.3) is 0 Å². The molecule has 1 atom stereocenters. The summed E-state index contributed by atoms with van der Waals surface area (Å²) in [5, 5.41) is 4.14. The first-order valence-electron chi connectivity index (χ1n) is 7.62. The summed E-state index contributed by atoms with van der Waals surface area (Å²) in [6.45, 7) is 1.55. The van der Waals surface area contributed by atoms with Crippen LogP contribution in [-0.2, 0) is 17.8 Å². The summed E-state index contributed by atoms with van der Waals surface area (Å²) in [5.74, 6) is -0.676. The number of carbonyl (C=O) groups excluding carboxylic acids is 1. The second-order valence-electron chi connectivity index (χ2n) is 5.68. The van der Waals surface area contributed by atoms with Gasteiger partial charge in [0.2, 0.25) is 0 Å². The van der Waals surface area contributed by atoms with E-state index in [1.807, 2.05) is 12.1 Å². The van der Waals surface area contributed by atoms with Crippen LogP contribution in [0.3, 0.4) is 0 Å². The molecule has 1 aliphatic heterocycles. The van der Waals surface area contributed by atoms with Gasteiger partial charge in [0.1, 0.15) is 12.1 Å². The minimum Gasteiger partial charge on any atom is -0.463 e. The molecule has 7 heteroatoms. The Morgan fingerprint density at radius 3 is 2.91 bits per heavy atom. The predicted octanol–water partition coefficient (Wildman–Crippen LogP) is 1.87. The van der Waals surface area contributed by atoms with E-state index in [0.29, 0.717) is 12.7 Å². The highest BCUT2D eigenvalue weighted by Gasteiger charge is 2.25. The number of hydrogen-bond acceptors (Lipinski definition) is 5. The summed E-state index contributed by atoms with van der Waals surface area (Å²) < 4.78 is 19.3. The van der Waals surface area contributed by atoms with Gasteiger partial charge >= 0.3 is 5.97 Å². The van der Waals surface area contributed by atoms with Crippen LogP contribution in [0.4, 0.5) is 4.39 Å². The van der Waals surface area contributed by atoms with E-state index in [0.717, 1.165) is 31.4 Å². The van der Waals surface area contributed by atoms with Gasteiger partial charge in [-0.3, -0.25) is 4.90 Å². The van der Waals surface area contributed by atoms with E-state index in [-0.39, 0.29) is 11.6 Å². The molecule has 6 nitrogen and oxygen atoms in total. The van der Waals surface area contributed by atoms with Gasteiger partial charge in [0.25, 0.3) is 5.82 Å². The van der Waals surface area contributed by atoms with Crippen LogP contribution in [0.5, 0.6) is 0 Å². The lowest BCUT2D eigenvalue weighted by atomic mass is 10.0. The Bertz CT molecular complexity index is 671. The van der Waals surface area contributed by atoms with E-state index < -0.39 is 5.97 Å². The maximum absolute atomic E-state index is 13.0. The Morgan fingerprint density at radius 1 is 1.39 bits per heavy atom. The SMILES string of the molecule is COC(=O)c1ncn(CN2CCCC2Cc2ccc(F)cc2)n1. The third kappa shape index (κ3) is 3.73. The number of halogens is 1. The van der Waals surface area contributed by atoms with Gasteiger partial charge < -0.3 is 4.74 Å². The molecular formula is C16H19FN4O2. The number of nitrogens with zero attached hydrogens (tertiary/aromatic N) is 4. The number of esters is 1. The third-order valence-electron chi connectivity index (χ3n) is 4.11. The molecule has 0 bridgehead atoms. The summed E-state index contributed by atoms with van der Waals surface area (Å²) in [6.07, 6.45) is 4.62. The van der Waals surface area contributed by atoms with Gasteiger partial charge in [-0.05, 0) is 37.0 Å². The van der Waals surface area contributed by atoms with Crippen molar-refractivity contribution < 1.29 is 13.9 Å². The molecule has 0 amide bonds. The zero-order valence-corrected chi connectivity index (χ0v) is 13.0. The van der Waals surface area contributed by atoms with Crippen LogP contribution in [-0.4, -0.2) is 45.3 Å². The molecule has 1 saturated heterocycles. The fraction of sp³-hybridized carbons (Fsp3) is 0.438. The van der Waals surface area contributed by atoms with Gasteiger partial charge in [-0.1, -0.05) is 12.1 Å². The molecule has 122 valence electrons. The number of benzene rings is 1. The number of likely N-dealkylation sites (tertiary alicyclic amines) is 1. The second kappa shape index (κ2) is 6.87. The fourth-order valence-corrected chi connectivity index (χ4v) is 2.94. The van der Waals surface area contributed by atoms with Gasteiger partial charge in [0.15, 0.2) is 0 Å². The second-order valence-corrected chi connectivity index (χ2v) is 5.68. The summed E-state index contributed by atoms with van der Waals surface area (Å²) in [6, 6.07) is 7.03. The summed E-state index contributed by atoms with van der Waals surface area (Å²) in [4.78, 5) is 17.7. The Morgan fingerprint density at radius 2 is 2.17 bits per heavy atom. The van der Waals surface area contributed by atoms with Crippen LogP contribution in [0.15, 0.2) is 30.6 Å². The Labute approximate surface area is 133 Å².